The second kappa shape index (κ2) is 6.82. The van der Waals surface area contributed by atoms with E-state index in [0.717, 1.165) is 0 Å². The quantitative estimate of drug-likeness (QED) is 0.453. The lowest BCUT2D eigenvalue weighted by molar-refractivity contribution is -0.192. The van der Waals surface area contributed by atoms with Crippen molar-refractivity contribution in [2.45, 2.75) is 44.4 Å². The van der Waals surface area contributed by atoms with Crippen LogP contribution >= 0.6 is 0 Å². The minimum absolute atomic E-state index is 0.0183. The van der Waals surface area contributed by atoms with Crippen molar-refractivity contribution in [3.05, 3.63) is 0 Å². The Morgan fingerprint density at radius 2 is 2.00 bits per heavy atom. The monoisotopic (exact) mass is 267 g/mol. The highest BCUT2D eigenvalue weighted by molar-refractivity contribution is 5.75. The van der Waals surface area contributed by atoms with Crippen LogP contribution in [0.25, 0.3) is 0 Å². The van der Waals surface area contributed by atoms with Crippen molar-refractivity contribution in [3.8, 4) is 0 Å². The summed E-state index contributed by atoms with van der Waals surface area (Å²) in [7, 11) is 0. The molecule has 0 saturated heterocycles. The predicted molar refractivity (Wildman–Crippen MR) is 63.0 cm³/mol. The zero-order valence-electron chi connectivity index (χ0n) is 10.2. The molecule has 4 nitrogen and oxygen atoms in total. The average Bonchev–Trinajstić information content (AvgIpc) is 2.27. The number of hydrogen-bond acceptors (Lipinski definition) is 2. The molecule has 0 bridgehead atoms. The molecule has 2 atom stereocenters. The summed E-state index contributed by atoms with van der Waals surface area (Å²) in [4.78, 5) is 3.77. The van der Waals surface area contributed by atoms with Gasteiger partial charge in [0.1, 0.15) is 0 Å². The Bertz CT molecular complexity index is 277. The molecule has 2 unspecified atom stereocenters. The molecule has 0 radical (unpaired) electrons. The molecule has 1 saturated carbocycles. The van der Waals surface area contributed by atoms with Crippen molar-refractivity contribution in [1.29, 1.82) is 0 Å². The molecule has 0 aromatic carbocycles. The molecular formula is C11H20F3N3O. The summed E-state index contributed by atoms with van der Waals surface area (Å²) in [5.74, 6) is -1.20. The van der Waals surface area contributed by atoms with Crippen molar-refractivity contribution in [2.24, 2.45) is 22.4 Å². The normalized spacial score (nSPS) is 24.8. The topological polar surface area (TPSA) is 73.6 Å². The van der Waals surface area contributed by atoms with Gasteiger partial charge in [0.25, 0.3) is 0 Å². The Balaban J connectivity index is 2.20. The third-order valence-corrected chi connectivity index (χ3v) is 3.04. The molecule has 0 aliphatic heterocycles. The van der Waals surface area contributed by atoms with Crippen molar-refractivity contribution < 1.29 is 17.9 Å². The first-order valence-corrected chi connectivity index (χ1v) is 6.13. The van der Waals surface area contributed by atoms with Crippen molar-refractivity contribution in [2.75, 3.05) is 13.2 Å². The number of ether oxygens (including phenoxy) is 1. The van der Waals surface area contributed by atoms with E-state index < -0.39 is 12.1 Å². The number of aliphatic imine (C=N–C) groups is 1. The van der Waals surface area contributed by atoms with Crippen molar-refractivity contribution in [3.63, 3.8) is 0 Å². The van der Waals surface area contributed by atoms with E-state index in [1.54, 1.807) is 0 Å². The highest BCUT2D eigenvalue weighted by Crippen LogP contribution is 2.38. The maximum absolute atomic E-state index is 12.5. The zero-order valence-corrected chi connectivity index (χ0v) is 10.2. The Hall–Kier alpha value is -0.980. The molecular weight excluding hydrogens is 247 g/mol. The minimum atomic E-state index is -4.10. The SMILES string of the molecule is NC(N)=NCCCOC1CCCC(C(F)(F)F)C1. The van der Waals surface area contributed by atoms with Gasteiger partial charge in [0.05, 0.1) is 12.0 Å². The van der Waals surface area contributed by atoms with Gasteiger partial charge in [-0.3, -0.25) is 4.99 Å². The largest absolute Gasteiger partial charge is 0.391 e. The highest BCUT2D eigenvalue weighted by atomic mass is 19.4. The molecule has 18 heavy (non-hydrogen) atoms. The average molecular weight is 267 g/mol. The number of nitrogens with zero attached hydrogens (tertiary/aromatic N) is 1. The summed E-state index contributed by atoms with van der Waals surface area (Å²) in [6, 6.07) is 0. The molecule has 1 rings (SSSR count). The van der Waals surface area contributed by atoms with Gasteiger partial charge in [0, 0.05) is 13.2 Å². The van der Waals surface area contributed by atoms with E-state index in [9.17, 15) is 13.2 Å². The first-order valence-electron chi connectivity index (χ1n) is 6.13. The molecule has 1 aliphatic rings. The second-order valence-corrected chi connectivity index (χ2v) is 4.56. The molecule has 7 heteroatoms. The Morgan fingerprint density at radius 1 is 1.28 bits per heavy atom. The van der Waals surface area contributed by atoms with Gasteiger partial charge in [-0.25, -0.2) is 0 Å². The van der Waals surface area contributed by atoms with Crippen LogP contribution in [0.4, 0.5) is 13.2 Å². The Labute approximate surface area is 105 Å². The van der Waals surface area contributed by atoms with E-state index in [1.807, 2.05) is 0 Å². The van der Waals surface area contributed by atoms with Crippen LogP contribution < -0.4 is 11.5 Å². The van der Waals surface area contributed by atoms with Crippen molar-refractivity contribution >= 4 is 5.96 Å². The summed E-state index contributed by atoms with van der Waals surface area (Å²) in [6.07, 6.45) is -2.20. The van der Waals surface area contributed by atoms with Gasteiger partial charge in [-0.05, 0) is 25.7 Å². The first kappa shape index (κ1) is 15.1. The van der Waals surface area contributed by atoms with Crippen LogP contribution in [0.2, 0.25) is 0 Å². The van der Waals surface area contributed by atoms with E-state index in [4.69, 9.17) is 16.2 Å². The van der Waals surface area contributed by atoms with Crippen LogP contribution in [0.5, 0.6) is 0 Å². The third kappa shape index (κ3) is 5.57. The summed E-state index contributed by atoms with van der Waals surface area (Å²) in [5, 5.41) is 0. The van der Waals surface area contributed by atoms with Gasteiger partial charge >= 0.3 is 6.18 Å². The zero-order chi connectivity index (χ0) is 13.6. The lowest BCUT2D eigenvalue weighted by Crippen LogP contribution is -2.32. The number of rotatable bonds is 5. The fraction of sp³-hybridized carbons (Fsp3) is 0.909. The van der Waals surface area contributed by atoms with E-state index in [2.05, 4.69) is 4.99 Å². The van der Waals surface area contributed by atoms with Gasteiger partial charge < -0.3 is 16.2 Å². The van der Waals surface area contributed by atoms with Crippen molar-refractivity contribution in [1.82, 2.24) is 0 Å². The summed E-state index contributed by atoms with van der Waals surface area (Å²) in [5.41, 5.74) is 10.3. The van der Waals surface area contributed by atoms with E-state index in [1.165, 1.54) is 0 Å². The smallest absolute Gasteiger partial charge is 0.378 e. The molecule has 0 amide bonds. The number of nitrogens with two attached hydrogens (primary N) is 2. The summed E-state index contributed by atoms with van der Waals surface area (Å²) in [6.45, 7) is 0.837. The predicted octanol–water partition coefficient (Wildman–Crippen LogP) is 1.79. The van der Waals surface area contributed by atoms with E-state index >= 15 is 0 Å². The molecule has 0 spiro atoms. The van der Waals surface area contributed by atoms with Crippen LogP contribution in [0.3, 0.4) is 0 Å². The van der Waals surface area contributed by atoms with Gasteiger partial charge in [-0.2, -0.15) is 13.2 Å². The number of guanidine groups is 1. The standard InChI is InChI=1S/C11H20F3N3O/c12-11(13,14)8-3-1-4-9(7-8)18-6-2-5-17-10(15)16/h8-9H,1-7H2,(H4,15,16,17). The Morgan fingerprint density at radius 3 is 2.61 bits per heavy atom. The molecule has 1 aliphatic carbocycles. The molecule has 0 aromatic heterocycles. The van der Waals surface area contributed by atoms with Gasteiger partial charge in [0.2, 0.25) is 0 Å². The summed E-state index contributed by atoms with van der Waals surface area (Å²) >= 11 is 0. The Kier molecular flexibility index (Phi) is 5.71. The van der Waals surface area contributed by atoms with Crippen LogP contribution in [-0.2, 0) is 4.74 Å². The number of hydrogen-bond donors (Lipinski definition) is 2. The van der Waals surface area contributed by atoms with Gasteiger partial charge in [-0.1, -0.05) is 6.42 Å². The van der Waals surface area contributed by atoms with Gasteiger partial charge in [0.15, 0.2) is 5.96 Å². The van der Waals surface area contributed by atoms with E-state index in [-0.39, 0.29) is 24.9 Å². The molecule has 1 fully saturated rings. The maximum atomic E-state index is 12.5. The fourth-order valence-corrected chi connectivity index (χ4v) is 2.12. The first-order chi connectivity index (χ1) is 8.39. The molecule has 0 aromatic rings. The fourth-order valence-electron chi connectivity index (χ4n) is 2.12. The van der Waals surface area contributed by atoms with Gasteiger partial charge in [-0.15, -0.1) is 0 Å². The van der Waals surface area contributed by atoms with Crippen LogP contribution in [0, 0.1) is 5.92 Å². The van der Waals surface area contributed by atoms with Crippen LogP contribution in [0.15, 0.2) is 4.99 Å². The van der Waals surface area contributed by atoms with E-state index in [0.29, 0.717) is 32.4 Å². The number of halogens is 3. The summed E-state index contributed by atoms with van der Waals surface area (Å²) < 4.78 is 43.1. The number of alkyl halides is 3. The highest BCUT2D eigenvalue weighted by Gasteiger charge is 2.42. The second-order valence-electron chi connectivity index (χ2n) is 4.56. The minimum Gasteiger partial charge on any atom is -0.378 e. The maximum Gasteiger partial charge on any atom is 0.391 e. The third-order valence-electron chi connectivity index (χ3n) is 3.04. The lowest BCUT2D eigenvalue weighted by atomic mass is 9.87. The molecule has 0 heterocycles. The van der Waals surface area contributed by atoms with Crippen LogP contribution in [-0.4, -0.2) is 31.4 Å². The van der Waals surface area contributed by atoms with Crippen LogP contribution in [0.1, 0.15) is 32.1 Å². The molecule has 106 valence electrons. The lowest BCUT2D eigenvalue weighted by Gasteiger charge is -2.30. The molecule has 4 N–H and O–H groups in total.